The van der Waals surface area contributed by atoms with E-state index in [0.717, 1.165) is 43.9 Å². The summed E-state index contributed by atoms with van der Waals surface area (Å²) in [5.41, 5.74) is 3.18. The van der Waals surface area contributed by atoms with Gasteiger partial charge in [0.1, 0.15) is 5.82 Å². The Morgan fingerprint density at radius 3 is 2.04 bits per heavy atom. The van der Waals surface area contributed by atoms with Crippen molar-refractivity contribution < 1.29 is 9.18 Å². The molecule has 1 aliphatic rings. The Balaban J connectivity index is 1.55. The Hall–Kier alpha value is -2.20. The second kappa shape index (κ2) is 7.58. The maximum Gasteiger partial charge on any atom is 0.253 e. The Kier molecular flexibility index (Phi) is 5.42. The Morgan fingerprint density at radius 2 is 1.50 bits per heavy atom. The molecule has 0 N–H and O–H groups in total. The summed E-state index contributed by atoms with van der Waals surface area (Å²) in [6.07, 6.45) is 0. The van der Waals surface area contributed by atoms with Gasteiger partial charge in [-0.05, 0) is 40.8 Å². The van der Waals surface area contributed by atoms with Gasteiger partial charge in [-0.15, -0.1) is 0 Å². The van der Waals surface area contributed by atoms with E-state index in [2.05, 4.69) is 37.8 Å². The van der Waals surface area contributed by atoms with Crippen LogP contribution in [0.25, 0.3) is 0 Å². The highest BCUT2D eigenvalue weighted by Gasteiger charge is 2.22. The fraction of sp³-hybridized carbons (Fsp3) is 0.409. The van der Waals surface area contributed by atoms with Gasteiger partial charge in [-0.25, -0.2) is 4.39 Å². The molecule has 3 nitrogen and oxygen atoms in total. The van der Waals surface area contributed by atoms with Gasteiger partial charge in [-0.3, -0.25) is 9.69 Å². The van der Waals surface area contributed by atoms with Crippen LogP contribution >= 0.6 is 0 Å². The number of piperazine rings is 1. The van der Waals surface area contributed by atoms with Crippen molar-refractivity contribution in [2.24, 2.45) is 0 Å². The number of hydrogen-bond acceptors (Lipinski definition) is 2. The monoisotopic (exact) mass is 354 g/mol. The van der Waals surface area contributed by atoms with Crippen molar-refractivity contribution in [1.82, 2.24) is 9.80 Å². The quantitative estimate of drug-likeness (QED) is 0.829. The van der Waals surface area contributed by atoms with Crippen LogP contribution < -0.4 is 0 Å². The molecule has 138 valence electrons. The van der Waals surface area contributed by atoms with Gasteiger partial charge < -0.3 is 4.90 Å². The molecule has 3 rings (SSSR count). The SMILES string of the molecule is CC(C)(C)c1ccc(C(=O)N2CCN(Cc3ccc(F)cc3)CC2)cc1. The third-order valence-electron chi connectivity index (χ3n) is 4.98. The molecule has 0 aliphatic carbocycles. The number of rotatable bonds is 3. The molecule has 2 aromatic carbocycles. The van der Waals surface area contributed by atoms with E-state index in [1.165, 1.54) is 17.7 Å². The van der Waals surface area contributed by atoms with E-state index < -0.39 is 0 Å². The number of benzene rings is 2. The molecule has 0 radical (unpaired) electrons. The van der Waals surface area contributed by atoms with Gasteiger partial charge in [0.2, 0.25) is 0 Å². The summed E-state index contributed by atoms with van der Waals surface area (Å²) in [6.45, 7) is 10.4. The van der Waals surface area contributed by atoms with Gasteiger partial charge in [0.25, 0.3) is 5.91 Å². The van der Waals surface area contributed by atoms with Gasteiger partial charge in [-0.1, -0.05) is 45.0 Å². The van der Waals surface area contributed by atoms with Gasteiger partial charge in [0.05, 0.1) is 0 Å². The minimum Gasteiger partial charge on any atom is -0.336 e. The first-order valence-corrected chi connectivity index (χ1v) is 9.19. The molecular weight excluding hydrogens is 327 g/mol. The van der Waals surface area contributed by atoms with E-state index >= 15 is 0 Å². The lowest BCUT2D eigenvalue weighted by atomic mass is 9.86. The third kappa shape index (κ3) is 4.50. The van der Waals surface area contributed by atoms with Gasteiger partial charge in [0, 0.05) is 38.3 Å². The molecule has 0 aromatic heterocycles. The fourth-order valence-corrected chi connectivity index (χ4v) is 3.25. The van der Waals surface area contributed by atoms with E-state index in [1.54, 1.807) is 0 Å². The maximum absolute atomic E-state index is 13.0. The number of nitrogens with zero attached hydrogens (tertiary/aromatic N) is 2. The molecule has 1 fully saturated rings. The van der Waals surface area contributed by atoms with E-state index in [1.807, 2.05) is 29.2 Å². The summed E-state index contributed by atoms with van der Waals surface area (Å²) in [7, 11) is 0. The number of halogens is 1. The smallest absolute Gasteiger partial charge is 0.253 e. The van der Waals surface area contributed by atoms with E-state index in [0.29, 0.717) is 0 Å². The standard InChI is InChI=1S/C22H27FN2O/c1-22(2,3)19-8-6-18(7-9-19)21(26)25-14-12-24(13-15-25)16-17-4-10-20(23)11-5-17/h4-11H,12-16H2,1-3H3. The lowest BCUT2D eigenvalue weighted by molar-refractivity contribution is 0.0628. The van der Waals surface area contributed by atoms with Crippen LogP contribution in [0.15, 0.2) is 48.5 Å². The second-order valence-electron chi connectivity index (χ2n) is 8.02. The maximum atomic E-state index is 13.0. The summed E-state index contributed by atoms with van der Waals surface area (Å²) >= 11 is 0. The third-order valence-corrected chi connectivity index (χ3v) is 4.98. The Labute approximate surface area is 155 Å². The van der Waals surface area contributed by atoms with Gasteiger partial charge >= 0.3 is 0 Å². The first-order valence-electron chi connectivity index (χ1n) is 9.19. The number of amides is 1. The average molecular weight is 354 g/mol. The van der Waals surface area contributed by atoms with Crippen molar-refractivity contribution >= 4 is 5.91 Å². The van der Waals surface area contributed by atoms with Crippen LogP contribution in [0.3, 0.4) is 0 Å². The molecule has 0 spiro atoms. The van der Waals surface area contributed by atoms with E-state index in [4.69, 9.17) is 0 Å². The summed E-state index contributed by atoms with van der Waals surface area (Å²) in [4.78, 5) is 17.0. The predicted octanol–water partition coefficient (Wildman–Crippen LogP) is 4.08. The first-order chi connectivity index (χ1) is 12.3. The predicted molar refractivity (Wildman–Crippen MR) is 103 cm³/mol. The summed E-state index contributed by atoms with van der Waals surface area (Å²) in [5.74, 6) is -0.103. The molecule has 1 saturated heterocycles. The molecule has 4 heteroatoms. The van der Waals surface area contributed by atoms with Crippen molar-refractivity contribution in [2.45, 2.75) is 32.7 Å². The van der Waals surface area contributed by atoms with Crippen LogP contribution in [0.5, 0.6) is 0 Å². The summed E-state index contributed by atoms with van der Waals surface area (Å²) in [6, 6.07) is 14.6. The number of hydrogen-bond donors (Lipinski definition) is 0. The molecule has 1 aliphatic heterocycles. The molecule has 0 bridgehead atoms. The van der Waals surface area contributed by atoms with Crippen molar-refractivity contribution in [3.05, 3.63) is 71.0 Å². The van der Waals surface area contributed by atoms with Crippen LogP contribution in [-0.4, -0.2) is 41.9 Å². The zero-order chi connectivity index (χ0) is 18.7. The van der Waals surface area contributed by atoms with Crippen LogP contribution in [0.1, 0.15) is 42.3 Å². The Bertz CT molecular complexity index is 739. The van der Waals surface area contributed by atoms with Crippen LogP contribution in [-0.2, 0) is 12.0 Å². The molecular formula is C22H27FN2O. The lowest BCUT2D eigenvalue weighted by Crippen LogP contribution is -2.48. The van der Waals surface area contributed by atoms with Gasteiger partial charge in [-0.2, -0.15) is 0 Å². The normalized spacial score (nSPS) is 15.9. The zero-order valence-electron chi connectivity index (χ0n) is 15.8. The van der Waals surface area contributed by atoms with Crippen molar-refractivity contribution in [1.29, 1.82) is 0 Å². The first kappa shape index (κ1) is 18.6. The zero-order valence-corrected chi connectivity index (χ0v) is 15.8. The molecule has 0 saturated carbocycles. The highest BCUT2D eigenvalue weighted by molar-refractivity contribution is 5.94. The van der Waals surface area contributed by atoms with Crippen molar-refractivity contribution in [3.63, 3.8) is 0 Å². The van der Waals surface area contributed by atoms with Gasteiger partial charge in [0.15, 0.2) is 0 Å². The highest BCUT2D eigenvalue weighted by Crippen LogP contribution is 2.22. The minimum absolute atomic E-state index is 0.0908. The van der Waals surface area contributed by atoms with E-state index in [9.17, 15) is 9.18 Å². The Morgan fingerprint density at radius 1 is 0.923 bits per heavy atom. The molecule has 1 amide bonds. The number of carbonyl (C=O) groups excluding carboxylic acids is 1. The van der Waals surface area contributed by atoms with Crippen molar-refractivity contribution in [3.8, 4) is 0 Å². The highest BCUT2D eigenvalue weighted by atomic mass is 19.1. The topological polar surface area (TPSA) is 23.6 Å². The fourth-order valence-electron chi connectivity index (χ4n) is 3.25. The molecule has 26 heavy (non-hydrogen) atoms. The minimum atomic E-state index is -0.207. The van der Waals surface area contributed by atoms with Crippen LogP contribution in [0.2, 0.25) is 0 Å². The molecule has 2 aromatic rings. The summed E-state index contributed by atoms with van der Waals surface area (Å²) < 4.78 is 13.0. The largest absolute Gasteiger partial charge is 0.336 e. The van der Waals surface area contributed by atoms with Crippen molar-refractivity contribution in [2.75, 3.05) is 26.2 Å². The average Bonchev–Trinajstić information content (AvgIpc) is 2.63. The second-order valence-corrected chi connectivity index (χ2v) is 8.02. The van der Waals surface area contributed by atoms with E-state index in [-0.39, 0.29) is 17.1 Å². The summed E-state index contributed by atoms with van der Waals surface area (Å²) in [5, 5.41) is 0. The molecule has 0 unspecified atom stereocenters. The molecule has 0 atom stereocenters. The lowest BCUT2D eigenvalue weighted by Gasteiger charge is -2.35. The van der Waals surface area contributed by atoms with Crippen LogP contribution in [0.4, 0.5) is 4.39 Å². The molecule has 1 heterocycles. The van der Waals surface area contributed by atoms with Crippen LogP contribution in [0, 0.1) is 5.82 Å². The number of carbonyl (C=O) groups is 1.